The second-order valence-corrected chi connectivity index (χ2v) is 11.2. The van der Waals surface area contributed by atoms with Gasteiger partial charge in [0.15, 0.2) is 5.65 Å². The quantitative estimate of drug-likeness (QED) is 0.303. The number of halogens is 5. The first-order chi connectivity index (χ1) is 19.9. The van der Waals surface area contributed by atoms with Crippen molar-refractivity contribution in [3.05, 3.63) is 41.6 Å². The second-order valence-electron chi connectivity index (χ2n) is 11.2. The molecule has 15 heteroatoms. The molecule has 3 aromatic rings. The molecule has 0 saturated heterocycles. The molecule has 228 valence electrons. The van der Waals surface area contributed by atoms with Gasteiger partial charge in [-0.15, -0.1) is 5.10 Å². The maximum atomic E-state index is 14.0. The van der Waals surface area contributed by atoms with E-state index in [1.807, 2.05) is 6.92 Å². The van der Waals surface area contributed by atoms with E-state index < -0.39 is 48.8 Å². The van der Waals surface area contributed by atoms with E-state index in [4.69, 9.17) is 0 Å². The highest BCUT2D eigenvalue weighted by Crippen LogP contribution is 2.43. The number of rotatable bonds is 11. The van der Waals surface area contributed by atoms with Crippen LogP contribution < -0.4 is 10.6 Å². The van der Waals surface area contributed by atoms with Gasteiger partial charge in [0.2, 0.25) is 11.8 Å². The molecule has 0 spiro atoms. The third-order valence-electron chi connectivity index (χ3n) is 7.89. The Hall–Kier alpha value is -3.65. The van der Waals surface area contributed by atoms with E-state index >= 15 is 0 Å². The zero-order valence-electron chi connectivity index (χ0n) is 23.1. The Kier molecular flexibility index (Phi) is 8.46. The van der Waals surface area contributed by atoms with Crippen LogP contribution in [0.25, 0.3) is 5.65 Å². The third-order valence-corrected chi connectivity index (χ3v) is 7.89. The molecule has 42 heavy (non-hydrogen) atoms. The minimum Gasteiger partial charge on any atom is -0.349 e. The van der Waals surface area contributed by atoms with Crippen LogP contribution >= 0.6 is 0 Å². The molecule has 0 aromatic carbocycles. The predicted octanol–water partition coefficient (Wildman–Crippen LogP) is 4.94. The van der Waals surface area contributed by atoms with Gasteiger partial charge in [-0.05, 0) is 55.6 Å². The van der Waals surface area contributed by atoms with Gasteiger partial charge in [0, 0.05) is 25.8 Å². The van der Waals surface area contributed by atoms with Crippen molar-refractivity contribution in [2.45, 2.75) is 95.4 Å². The van der Waals surface area contributed by atoms with Crippen LogP contribution in [-0.4, -0.2) is 53.5 Å². The Morgan fingerprint density at radius 2 is 1.79 bits per heavy atom. The summed E-state index contributed by atoms with van der Waals surface area (Å²) in [6.45, 7) is 2.42. The number of aryl methyl sites for hydroxylation is 1. The average Bonchev–Trinajstić information content (AvgIpc) is 3.51. The number of amides is 2. The maximum absolute atomic E-state index is 14.0. The van der Waals surface area contributed by atoms with Crippen molar-refractivity contribution in [2.24, 2.45) is 11.8 Å². The van der Waals surface area contributed by atoms with E-state index in [9.17, 15) is 31.5 Å². The van der Waals surface area contributed by atoms with Crippen molar-refractivity contribution in [3.63, 3.8) is 0 Å². The van der Waals surface area contributed by atoms with Gasteiger partial charge in [-0.3, -0.25) is 9.59 Å². The fourth-order valence-corrected chi connectivity index (χ4v) is 5.49. The van der Waals surface area contributed by atoms with E-state index in [0.29, 0.717) is 23.4 Å². The molecule has 2 atom stereocenters. The number of hydrogen-bond acceptors (Lipinski definition) is 6. The molecule has 0 unspecified atom stereocenters. The Morgan fingerprint density at radius 1 is 1.07 bits per heavy atom. The van der Waals surface area contributed by atoms with Crippen LogP contribution in [0.4, 0.5) is 22.0 Å². The Labute approximate surface area is 238 Å². The zero-order valence-corrected chi connectivity index (χ0v) is 23.1. The van der Waals surface area contributed by atoms with E-state index in [1.54, 1.807) is 12.3 Å². The maximum Gasteiger partial charge on any atom is 0.389 e. The summed E-state index contributed by atoms with van der Waals surface area (Å²) in [5, 5.41) is 17.9. The number of fused-ring (bicyclic) bond motifs is 1. The molecule has 0 radical (unpaired) electrons. The van der Waals surface area contributed by atoms with Crippen LogP contribution in [0.1, 0.15) is 98.5 Å². The van der Waals surface area contributed by atoms with Crippen molar-refractivity contribution >= 4 is 17.5 Å². The van der Waals surface area contributed by atoms with E-state index in [1.165, 1.54) is 21.6 Å². The number of carbonyl (C=O) groups is 2. The molecular weight excluding hydrogens is 563 g/mol. The SMILES string of the molecule is CCCn1nncc1C(=O)N[C@H](c1cn2ncc([C@H](NC(=O)CCC(F)(F)F)C3CC3)cc2n1)C1CCC(F)(F)CC1. The third kappa shape index (κ3) is 7.21. The van der Waals surface area contributed by atoms with Gasteiger partial charge in [0.1, 0.15) is 5.69 Å². The zero-order chi connectivity index (χ0) is 30.1. The molecular formula is C27H33F5N8O2. The highest BCUT2D eigenvalue weighted by molar-refractivity contribution is 5.92. The van der Waals surface area contributed by atoms with Crippen molar-refractivity contribution in [1.29, 1.82) is 0 Å². The first kappa shape index (κ1) is 29.8. The van der Waals surface area contributed by atoms with Crippen LogP contribution in [-0.2, 0) is 11.3 Å². The molecule has 10 nitrogen and oxygen atoms in total. The van der Waals surface area contributed by atoms with Gasteiger partial charge < -0.3 is 10.6 Å². The van der Waals surface area contributed by atoms with Crippen molar-refractivity contribution in [2.75, 3.05) is 0 Å². The lowest BCUT2D eigenvalue weighted by Crippen LogP contribution is -2.38. The highest BCUT2D eigenvalue weighted by Gasteiger charge is 2.40. The Bertz CT molecular complexity index is 1410. The number of imidazole rings is 1. The molecule has 3 heterocycles. The van der Waals surface area contributed by atoms with Crippen molar-refractivity contribution in [3.8, 4) is 0 Å². The molecule has 2 N–H and O–H groups in total. The lowest BCUT2D eigenvalue weighted by Gasteiger charge is -2.33. The fourth-order valence-electron chi connectivity index (χ4n) is 5.49. The summed E-state index contributed by atoms with van der Waals surface area (Å²) in [5.74, 6) is -4.12. The highest BCUT2D eigenvalue weighted by atomic mass is 19.4. The van der Waals surface area contributed by atoms with Crippen molar-refractivity contribution < 1.29 is 31.5 Å². The second kappa shape index (κ2) is 11.9. The molecule has 2 aliphatic carbocycles. The molecule has 0 bridgehead atoms. The van der Waals surface area contributed by atoms with Gasteiger partial charge in [-0.25, -0.2) is 23.0 Å². The lowest BCUT2D eigenvalue weighted by atomic mass is 9.81. The van der Waals surface area contributed by atoms with E-state index in [0.717, 1.165) is 19.3 Å². The molecule has 2 saturated carbocycles. The lowest BCUT2D eigenvalue weighted by molar-refractivity contribution is -0.144. The summed E-state index contributed by atoms with van der Waals surface area (Å²) in [7, 11) is 0. The van der Waals surface area contributed by atoms with Crippen LogP contribution in [0.15, 0.2) is 24.7 Å². The Balaban J connectivity index is 1.39. The largest absolute Gasteiger partial charge is 0.389 e. The summed E-state index contributed by atoms with van der Waals surface area (Å²) < 4.78 is 68.8. The van der Waals surface area contributed by atoms with Crippen LogP contribution in [0, 0.1) is 11.8 Å². The van der Waals surface area contributed by atoms with E-state index in [-0.39, 0.29) is 43.2 Å². The van der Waals surface area contributed by atoms with Crippen LogP contribution in [0.2, 0.25) is 0 Å². The van der Waals surface area contributed by atoms with Gasteiger partial charge in [-0.2, -0.15) is 18.3 Å². The average molecular weight is 597 g/mol. The van der Waals surface area contributed by atoms with Crippen molar-refractivity contribution in [1.82, 2.24) is 40.2 Å². The number of carbonyl (C=O) groups excluding carboxylic acids is 2. The summed E-state index contributed by atoms with van der Waals surface area (Å²) >= 11 is 0. The molecule has 2 aliphatic rings. The smallest absolute Gasteiger partial charge is 0.349 e. The molecule has 3 aromatic heterocycles. The normalized spacial score (nSPS) is 19.0. The van der Waals surface area contributed by atoms with Gasteiger partial charge >= 0.3 is 6.18 Å². The summed E-state index contributed by atoms with van der Waals surface area (Å²) in [4.78, 5) is 30.3. The molecule has 2 amide bonds. The summed E-state index contributed by atoms with van der Waals surface area (Å²) in [6, 6.07) is 0.508. The minimum atomic E-state index is -4.43. The monoisotopic (exact) mass is 596 g/mol. The Morgan fingerprint density at radius 3 is 2.45 bits per heavy atom. The topological polar surface area (TPSA) is 119 Å². The standard InChI is InChI=1S/C27H33F5N8O2/c1-2-11-39-20(14-33-38-39)25(42)37-24(17-5-8-26(28,29)9-6-17)19-15-40-21(35-19)12-18(13-34-40)23(16-3-4-16)36-22(41)7-10-27(30,31)32/h12-17,23-24H,2-11H2,1H3,(H,36,41)(H,37,42)/t23-,24+/m1/s1. The first-order valence-corrected chi connectivity index (χ1v) is 14.2. The number of nitrogens with zero attached hydrogens (tertiary/aromatic N) is 6. The van der Waals surface area contributed by atoms with Crippen LogP contribution in [0.5, 0.6) is 0 Å². The van der Waals surface area contributed by atoms with Gasteiger partial charge in [0.05, 0.1) is 42.8 Å². The number of hydrogen-bond donors (Lipinski definition) is 2. The number of nitrogens with one attached hydrogen (secondary N) is 2. The molecule has 0 aliphatic heterocycles. The molecule has 2 fully saturated rings. The number of aromatic nitrogens is 6. The number of alkyl halides is 5. The fraction of sp³-hybridized carbons (Fsp3) is 0.630. The minimum absolute atomic E-state index is 0.0797. The summed E-state index contributed by atoms with van der Waals surface area (Å²) in [6.07, 6.45) is 0.376. The first-order valence-electron chi connectivity index (χ1n) is 14.2. The van der Waals surface area contributed by atoms with E-state index in [2.05, 4.69) is 31.0 Å². The predicted molar refractivity (Wildman–Crippen MR) is 139 cm³/mol. The van der Waals surface area contributed by atoms with Gasteiger partial charge in [-0.1, -0.05) is 12.1 Å². The molecule has 5 rings (SSSR count). The van der Waals surface area contributed by atoms with Crippen LogP contribution in [0.3, 0.4) is 0 Å². The van der Waals surface area contributed by atoms with Gasteiger partial charge in [0.25, 0.3) is 5.91 Å². The summed E-state index contributed by atoms with van der Waals surface area (Å²) in [5.41, 5.74) is 1.70.